The molecule has 1 saturated heterocycles. The van der Waals surface area contributed by atoms with Crippen molar-refractivity contribution in [2.24, 2.45) is 23.7 Å². The molecule has 0 radical (unpaired) electrons. The maximum absolute atomic E-state index is 5.90. The second-order valence-corrected chi connectivity index (χ2v) is 7.33. The first-order valence-electron chi connectivity index (χ1n) is 8.66. The topological polar surface area (TPSA) is 18.5 Å². The van der Waals surface area contributed by atoms with Gasteiger partial charge in [0.25, 0.3) is 0 Å². The molecule has 3 heteroatoms. The van der Waals surface area contributed by atoms with E-state index >= 15 is 0 Å². The summed E-state index contributed by atoms with van der Waals surface area (Å²) in [4.78, 5) is 0. The van der Waals surface area contributed by atoms with E-state index < -0.39 is 0 Å². The monoisotopic (exact) mass is 262 g/mol. The standard InChI is InChI=1S/C16H27BO2/c1-2-6-13-12(5-1)11-16(17-18-9-10-19-17)15-8-4-3-7-14(13)15/h12-16H,1-11H2. The largest absolute Gasteiger partial charge is 0.460 e. The Morgan fingerprint density at radius 3 is 2.11 bits per heavy atom. The van der Waals surface area contributed by atoms with Crippen LogP contribution in [0.4, 0.5) is 0 Å². The summed E-state index contributed by atoms with van der Waals surface area (Å²) >= 11 is 0. The molecular formula is C16H27BO2. The lowest BCUT2D eigenvalue weighted by Gasteiger charge is -2.52. The van der Waals surface area contributed by atoms with Gasteiger partial charge in [-0.1, -0.05) is 38.5 Å². The van der Waals surface area contributed by atoms with Crippen LogP contribution in [0.2, 0.25) is 5.82 Å². The van der Waals surface area contributed by atoms with E-state index in [0.717, 1.165) is 36.9 Å². The molecule has 2 nitrogen and oxygen atoms in total. The first-order chi connectivity index (χ1) is 9.43. The number of hydrogen-bond donors (Lipinski definition) is 0. The molecule has 4 rings (SSSR count). The van der Waals surface area contributed by atoms with Crippen molar-refractivity contribution in [2.75, 3.05) is 13.2 Å². The molecule has 0 amide bonds. The first kappa shape index (κ1) is 12.7. The van der Waals surface area contributed by atoms with Gasteiger partial charge in [0.2, 0.25) is 0 Å². The SMILES string of the molecule is C1CCC2C(C1)CC(B1OCCO1)C1CCCCC21. The van der Waals surface area contributed by atoms with Gasteiger partial charge in [-0.15, -0.1) is 0 Å². The van der Waals surface area contributed by atoms with Crippen LogP contribution in [0.25, 0.3) is 0 Å². The van der Waals surface area contributed by atoms with Crippen molar-refractivity contribution in [3.8, 4) is 0 Å². The molecule has 5 atom stereocenters. The quantitative estimate of drug-likeness (QED) is 0.667. The van der Waals surface area contributed by atoms with Crippen molar-refractivity contribution in [3.05, 3.63) is 0 Å². The van der Waals surface area contributed by atoms with Crippen LogP contribution in [-0.4, -0.2) is 20.3 Å². The average Bonchev–Trinajstić information content (AvgIpc) is 3.00. The Bertz CT molecular complexity index is 316. The van der Waals surface area contributed by atoms with Crippen molar-refractivity contribution in [3.63, 3.8) is 0 Å². The summed E-state index contributed by atoms with van der Waals surface area (Å²) in [6.45, 7) is 1.65. The second kappa shape index (κ2) is 5.40. The summed E-state index contributed by atoms with van der Waals surface area (Å²) in [6.07, 6.45) is 13.2. The van der Waals surface area contributed by atoms with Gasteiger partial charge in [0.05, 0.1) is 13.2 Å². The Morgan fingerprint density at radius 2 is 1.32 bits per heavy atom. The van der Waals surface area contributed by atoms with Gasteiger partial charge >= 0.3 is 7.12 Å². The Kier molecular flexibility index (Phi) is 3.61. The third-order valence-electron chi connectivity index (χ3n) is 6.51. The van der Waals surface area contributed by atoms with E-state index in [1.54, 1.807) is 0 Å². The molecular weight excluding hydrogens is 235 g/mol. The fourth-order valence-corrected chi connectivity index (χ4v) is 5.81. The highest BCUT2D eigenvalue weighted by Crippen LogP contribution is 2.56. The predicted octanol–water partition coefficient (Wildman–Crippen LogP) is 3.91. The molecule has 0 aromatic heterocycles. The summed E-state index contributed by atoms with van der Waals surface area (Å²) < 4.78 is 11.8. The fourth-order valence-electron chi connectivity index (χ4n) is 5.81. The van der Waals surface area contributed by atoms with Gasteiger partial charge in [-0.2, -0.15) is 0 Å². The normalized spacial score (nSPS) is 46.7. The summed E-state index contributed by atoms with van der Waals surface area (Å²) in [5, 5.41) is 0. The van der Waals surface area contributed by atoms with Gasteiger partial charge in [-0.3, -0.25) is 0 Å². The highest BCUT2D eigenvalue weighted by molar-refractivity contribution is 6.47. The van der Waals surface area contributed by atoms with Crippen LogP contribution in [-0.2, 0) is 9.31 Å². The maximum atomic E-state index is 5.90. The average molecular weight is 262 g/mol. The van der Waals surface area contributed by atoms with Crippen LogP contribution in [0.15, 0.2) is 0 Å². The van der Waals surface area contributed by atoms with E-state index in [-0.39, 0.29) is 7.12 Å². The van der Waals surface area contributed by atoms with Crippen molar-refractivity contribution in [1.29, 1.82) is 0 Å². The molecule has 0 aromatic rings. The zero-order chi connectivity index (χ0) is 12.7. The fraction of sp³-hybridized carbons (Fsp3) is 1.00. The first-order valence-corrected chi connectivity index (χ1v) is 8.66. The minimum atomic E-state index is 0.147. The minimum Gasteiger partial charge on any atom is -0.409 e. The van der Waals surface area contributed by atoms with Gasteiger partial charge < -0.3 is 9.31 Å². The van der Waals surface area contributed by atoms with Gasteiger partial charge in [0, 0.05) is 0 Å². The highest BCUT2D eigenvalue weighted by atomic mass is 16.6. The molecule has 3 aliphatic carbocycles. The molecule has 19 heavy (non-hydrogen) atoms. The molecule has 106 valence electrons. The Hall–Kier alpha value is -0.0151. The number of fused-ring (bicyclic) bond motifs is 3. The van der Waals surface area contributed by atoms with Gasteiger partial charge in [-0.05, 0) is 48.8 Å². The van der Waals surface area contributed by atoms with Crippen LogP contribution in [0.1, 0.15) is 57.8 Å². The van der Waals surface area contributed by atoms with E-state index in [0.29, 0.717) is 5.82 Å². The van der Waals surface area contributed by atoms with Crippen molar-refractivity contribution >= 4 is 7.12 Å². The van der Waals surface area contributed by atoms with E-state index in [4.69, 9.17) is 9.31 Å². The lowest BCUT2D eigenvalue weighted by atomic mass is 9.47. The minimum absolute atomic E-state index is 0.147. The third-order valence-corrected chi connectivity index (χ3v) is 6.51. The third kappa shape index (κ3) is 2.27. The number of hydrogen-bond acceptors (Lipinski definition) is 2. The zero-order valence-corrected chi connectivity index (χ0v) is 12.1. The second-order valence-electron chi connectivity index (χ2n) is 7.33. The van der Waals surface area contributed by atoms with Crippen LogP contribution in [0, 0.1) is 23.7 Å². The molecule has 1 aliphatic heterocycles. The molecule has 4 fully saturated rings. The molecule has 4 aliphatic rings. The maximum Gasteiger partial charge on any atom is 0.460 e. The van der Waals surface area contributed by atoms with Crippen LogP contribution in [0.3, 0.4) is 0 Å². The smallest absolute Gasteiger partial charge is 0.409 e. The molecule has 0 N–H and O–H groups in total. The molecule has 0 spiro atoms. The van der Waals surface area contributed by atoms with Crippen LogP contribution >= 0.6 is 0 Å². The Balaban J connectivity index is 1.56. The Morgan fingerprint density at radius 1 is 0.684 bits per heavy atom. The van der Waals surface area contributed by atoms with Crippen LogP contribution < -0.4 is 0 Å². The van der Waals surface area contributed by atoms with E-state index in [1.165, 1.54) is 57.8 Å². The van der Waals surface area contributed by atoms with Gasteiger partial charge in [0.1, 0.15) is 0 Å². The highest BCUT2D eigenvalue weighted by Gasteiger charge is 2.51. The van der Waals surface area contributed by atoms with Gasteiger partial charge in [0.15, 0.2) is 0 Å². The summed E-state index contributed by atoms with van der Waals surface area (Å²) in [5.74, 6) is 4.68. The lowest BCUT2D eigenvalue weighted by Crippen LogP contribution is -2.45. The molecule has 5 unspecified atom stereocenters. The predicted molar refractivity (Wildman–Crippen MR) is 76.9 cm³/mol. The van der Waals surface area contributed by atoms with E-state index in [1.807, 2.05) is 0 Å². The van der Waals surface area contributed by atoms with Crippen molar-refractivity contribution < 1.29 is 9.31 Å². The van der Waals surface area contributed by atoms with Crippen molar-refractivity contribution in [2.45, 2.75) is 63.6 Å². The van der Waals surface area contributed by atoms with E-state index in [2.05, 4.69) is 0 Å². The lowest BCUT2D eigenvalue weighted by molar-refractivity contribution is 0.0203. The summed E-state index contributed by atoms with van der Waals surface area (Å²) in [7, 11) is 0.147. The van der Waals surface area contributed by atoms with Gasteiger partial charge in [-0.25, -0.2) is 0 Å². The van der Waals surface area contributed by atoms with Crippen LogP contribution in [0.5, 0.6) is 0 Å². The molecule has 0 aromatic carbocycles. The van der Waals surface area contributed by atoms with E-state index in [9.17, 15) is 0 Å². The molecule has 0 bridgehead atoms. The Labute approximate surface area is 117 Å². The van der Waals surface area contributed by atoms with Crippen molar-refractivity contribution in [1.82, 2.24) is 0 Å². The molecule has 1 heterocycles. The number of rotatable bonds is 1. The summed E-state index contributed by atoms with van der Waals surface area (Å²) in [6, 6.07) is 0. The summed E-state index contributed by atoms with van der Waals surface area (Å²) in [5.41, 5.74) is 0. The zero-order valence-electron chi connectivity index (χ0n) is 12.1. The molecule has 3 saturated carbocycles.